The molecular weight excluding hydrogens is 574 g/mol. The van der Waals surface area contributed by atoms with Gasteiger partial charge in [-0.25, -0.2) is 9.37 Å². The molecule has 0 saturated carbocycles. The SMILES string of the molecule is Cc1cc(N)nc(-c2c(Cl)cc3c(N4CC[C@H]5CC[C@@H](C4)N5)nc(OC[C@@H]4C[C@@H](C)CN4C)nc3c2F)c1C(F)(F)F. The first-order chi connectivity index (χ1) is 19.9. The number of alkyl halides is 3. The lowest BCUT2D eigenvalue weighted by molar-refractivity contribution is -0.137. The van der Waals surface area contributed by atoms with Crippen LogP contribution < -0.4 is 20.7 Å². The number of nitrogens with two attached hydrogens (primary N) is 1. The summed E-state index contributed by atoms with van der Waals surface area (Å²) >= 11 is 6.58. The first-order valence-corrected chi connectivity index (χ1v) is 14.6. The number of nitrogens with one attached hydrogen (secondary N) is 1. The summed E-state index contributed by atoms with van der Waals surface area (Å²) in [5, 5.41) is 3.68. The molecule has 0 radical (unpaired) electrons. The number of fused-ring (bicyclic) bond motifs is 3. The van der Waals surface area contributed by atoms with Crippen LogP contribution >= 0.6 is 11.6 Å². The van der Waals surface area contributed by atoms with Crippen molar-refractivity contribution in [2.24, 2.45) is 5.92 Å². The molecule has 0 unspecified atom stereocenters. The third-order valence-electron chi connectivity index (χ3n) is 8.72. The zero-order valence-corrected chi connectivity index (χ0v) is 24.5. The topological polar surface area (TPSA) is 92.4 Å². The molecule has 5 heterocycles. The van der Waals surface area contributed by atoms with E-state index in [1.807, 2.05) is 7.05 Å². The van der Waals surface area contributed by atoms with Crippen LogP contribution in [-0.2, 0) is 6.18 Å². The molecule has 13 heteroatoms. The molecule has 6 rings (SSSR count). The van der Waals surface area contributed by atoms with Crippen LogP contribution in [0.4, 0.5) is 29.2 Å². The quantitative estimate of drug-likeness (QED) is 0.370. The molecule has 42 heavy (non-hydrogen) atoms. The minimum absolute atomic E-state index is 0.0345. The molecular formula is C29H34ClF4N7O. The van der Waals surface area contributed by atoms with Gasteiger partial charge in [0.05, 0.1) is 21.8 Å². The van der Waals surface area contributed by atoms with Crippen molar-refractivity contribution in [2.75, 3.05) is 43.9 Å². The highest BCUT2D eigenvalue weighted by Crippen LogP contribution is 2.44. The van der Waals surface area contributed by atoms with Gasteiger partial charge in [-0.3, -0.25) is 4.90 Å². The number of hydrogen-bond acceptors (Lipinski definition) is 8. The van der Waals surface area contributed by atoms with Gasteiger partial charge in [0.15, 0.2) is 5.82 Å². The Balaban J connectivity index is 1.50. The number of pyridine rings is 1. The van der Waals surface area contributed by atoms with E-state index in [0.717, 1.165) is 38.3 Å². The van der Waals surface area contributed by atoms with Crippen molar-refractivity contribution in [2.45, 2.75) is 63.8 Å². The second kappa shape index (κ2) is 10.9. The van der Waals surface area contributed by atoms with Crippen LogP contribution in [0.5, 0.6) is 6.01 Å². The molecule has 0 aliphatic carbocycles. The van der Waals surface area contributed by atoms with Gasteiger partial charge in [-0.15, -0.1) is 0 Å². The molecule has 0 spiro atoms. The first-order valence-electron chi connectivity index (χ1n) is 14.3. The minimum atomic E-state index is -4.82. The van der Waals surface area contributed by atoms with Crippen LogP contribution in [0, 0.1) is 18.7 Å². The van der Waals surface area contributed by atoms with E-state index in [1.165, 1.54) is 13.0 Å². The predicted molar refractivity (Wildman–Crippen MR) is 154 cm³/mol. The number of rotatable bonds is 5. The number of likely N-dealkylation sites (N-methyl/N-ethyl adjacent to an activating group) is 1. The van der Waals surface area contributed by atoms with Gasteiger partial charge in [0.2, 0.25) is 0 Å². The van der Waals surface area contributed by atoms with Crippen molar-refractivity contribution in [3.63, 3.8) is 0 Å². The summed E-state index contributed by atoms with van der Waals surface area (Å²) in [6.45, 7) is 5.97. The molecule has 1 aromatic carbocycles. The van der Waals surface area contributed by atoms with Crippen LogP contribution in [0.15, 0.2) is 12.1 Å². The van der Waals surface area contributed by atoms with E-state index in [2.05, 4.69) is 32.0 Å². The van der Waals surface area contributed by atoms with Gasteiger partial charge in [-0.05, 0) is 63.3 Å². The zero-order valence-electron chi connectivity index (χ0n) is 23.7. The number of anilines is 2. The molecule has 3 saturated heterocycles. The third-order valence-corrected chi connectivity index (χ3v) is 9.02. The predicted octanol–water partition coefficient (Wildman–Crippen LogP) is 5.44. The fraction of sp³-hybridized carbons (Fsp3) is 0.552. The number of nitrogens with zero attached hydrogens (tertiary/aromatic N) is 5. The fourth-order valence-corrected chi connectivity index (χ4v) is 7.06. The Morgan fingerprint density at radius 1 is 1.12 bits per heavy atom. The lowest BCUT2D eigenvalue weighted by atomic mass is 9.99. The Bertz CT molecular complexity index is 1520. The van der Waals surface area contributed by atoms with E-state index < -0.39 is 28.8 Å². The number of halogens is 5. The van der Waals surface area contributed by atoms with Crippen LogP contribution in [0.25, 0.3) is 22.2 Å². The van der Waals surface area contributed by atoms with Crippen molar-refractivity contribution >= 4 is 34.1 Å². The molecule has 8 nitrogen and oxygen atoms in total. The molecule has 3 N–H and O–H groups in total. The average molecular weight is 608 g/mol. The molecule has 226 valence electrons. The molecule has 3 fully saturated rings. The average Bonchev–Trinajstić information content (AvgIpc) is 3.40. The Hall–Kier alpha value is -2.96. The molecule has 4 atom stereocenters. The summed E-state index contributed by atoms with van der Waals surface area (Å²) in [6.07, 6.45) is -0.896. The van der Waals surface area contributed by atoms with Crippen molar-refractivity contribution in [1.82, 2.24) is 25.2 Å². The van der Waals surface area contributed by atoms with Crippen molar-refractivity contribution < 1.29 is 22.3 Å². The minimum Gasteiger partial charge on any atom is -0.462 e. The van der Waals surface area contributed by atoms with E-state index in [0.29, 0.717) is 42.9 Å². The first kappa shape index (κ1) is 29.1. The smallest absolute Gasteiger partial charge is 0.418 e. The highest BCUT2D eigenvalue weighted by molar-refractivity contribution is 6.34. The lowest BCUT2D eigenvalue weighted by Crippen LogP contribution is -2.36. The van der Waals surface area contributed by atoms with Gasteiger partial charge in [-0.1, -0.05) is 18.5 Å². The highest BCUT2D eigenvalue weighted by atomic mass is 35.5. The fourth-order valence-electron chi connectivity index (χ4n) is 6.78. The van der Waals surface area contributed by atoms with Crippen LogP contribution in [-0.4, -0.2) is 71.3 Å². The van der Waals surface area contributed by atoms with Crippen LogP contribution in [0.3, 0.4) is 0 Å². The number of likely N-dealkylation sites (tertiary alicyclic amines) is 1. The number of aryl methyl sites for hydroxylation is 1. The highest BCUT2D eigenvalue weighted by Gasteiger charge is 2.39. The summed E-state index contributed by atoms with van der Waals surface area (Å²) in [4.78, 5) is 17.3. The van der Waals surface area contributed by atoms with Gasteiger partial charge in [0.1, 0.15) is 23.8 Å². The number of benzene rings is 1. The Morgan fingerprint density at radius 3 is 2.60 bits per heavy atom. The Morgan fingerprint density at radius 2 is 1.88 bits per heavy atom. The second-order valence-electron chi connectivity index (χ2n) is 12.0. The van der Waals surface area contributed by atoms with Gasteiger partial charge in [0.25, 0.3) is 0 Å². The maximum absolute atomic E-state index is 16.5. The largest absolute Gasteiger partial charge is 0.462 e. The maximum atomic E-state index is 16.5. The summed E-state index contributed by atoms with van der Waals surface area (Å²) < 4.78 is 65.2. The standard InChI is InChI=1S/C29H34ClF4N7O/c1-14-8-18(40(3)11-14)13-42-28-38-25-19(27(39-28)41-7-6-16-4-5-17(12-41)36-16)10-20(30)22(24(25)31)26-23(29(32,33)34)15(2)9-21(35)37-26/h9-10,14,16-18,36H,4-8,11-13H2,1-3H3,(H2,35,37)/t14-,16-,17+,18+/m1/s1. The van der Waals surface area contributed by atoms with E-state index in [9.17, 15) is 13.2 Å². The van der Waals surface area contributed by atoms with E-state index in [4.69, 9.17) is 27.1 Å². The Kier molecular flexibility index (Phi) is 7.59. The van der Waals surface area contributed by atoms with Gasteiger partial charge < -0.3 is 20.7 Å². The third kappa shape index (κ3) is 5.44. The Labute approximate surface area is 246 Å². The second-order valence-corrected chi connectivity index (χ2v) is 12.4. The van der Waals surface area contributed by atoms with Gasteiger partial charge in [-0.2, -0.15) is 23.1 Å². The normalized spacial score (nSPS) is 24.9. The molecule has 3 aliphatic rings. The van der Waals surface area contributed by atoms with Crippen LogP contribution in [0.2, 0.25) is 5.02 Å². The molecule has 3 aromatic rings. The maximum Gasteiger partial charge on any atom is 0.418 e. The number of ether oxygens (including phenoxy) is 1. The van der Waals surface area contributed by atoms with Gasteiger partial charge in [0, 0.05) is 43.1 Å². The van der Waals surface area contributed by atoms with E-state index in [-0.39, 0.29) is 40.0 Å². The van der Waals surface area contributed by atoms with Crippen molar-refractivity contribution in [1.29, 1.82) is 0 Å². The summed E-state index contributed by atoms with van der Waals surface area (Å²) in [5.41, 5.74) is 3.17. The lowest BCUT2D eigenvalue weighted by Gasteiger charge is -2.27. The molecule has 2 bridgehead atoms. The molecule has 0 amide bonds. The molecule has 3 aliphatic heterocycles. The zero-order chi connectivity index (χ0) is 29.9. The van der Waals surface area contributed by atoms with Gasteiger partial charge >= 0.3 is 12.2 Å². The summed E-state index contributed by atoms with van der Waals surface area (Å²) in [7, 11) is 2.02. The number of aromatic nitrogens is 3. The molecule has 2 aromatic heterocycles. The summed E-state index contributed by atoms with van der Waals surface area (Å²) in [6, 6.07) is 3.28. The summed E-state index contributed by atoms with van der Waals surface area (Å²) in [5.74, 6) is -0.260. The van der Waals surface area contributed by atoms with Crippen molar-refractivity contribution in [3.05, 3.63) is 34.1 Å². The van der Waals surface area contributed by atoms with Crippen molar-refractivity contribution in [3.8, 4) is 17.3 Å². The number of nitrogen functional groups attached to an aromatic ring is 1. The van der Waals surface area contributed by atoms with E-state index in [1.54, 1.807) is 0 Å². The number of hydrogen-bond donors (Lipinski definition) is 2. The van der Waals surface area contributed by atoms with E-state index >= 15 is 4.39 Å². The monoisotopic (exact) mass is 607 g/mol. The van der Waals surface area contributed by atoms with Crippen LogP contribution in [0.1, 0.15) is 43.7 Å².